The summed E-state index contributed by atoms with van der Waals surface area (Å²) in [5, 5.41) is 10.9. The zero-order valence-corrected chi connectivity index (χ0v) is 12.4. The van der Waals surface area contributed by atoms with Gasteiger partial charge in [0.25, 0.3) is 0 Å². The summed E-state index contributed by atoms with van der Waals surface area (Å²) < 4.78 is 6.97. The van der Waals surface area contributed by atoms with Crippen LogP contribution in [0.15, 0.2) is 30.6 Å². The minimum absolute atomic E-state index is 0.462. The van der Waals surface area contributed by atoms with Crippen molar-refractivity contribution >= 4 is 17.2 Å². The summed E-state index contributed by atoms with van der Waals surface area (Å²) in [5.74, 6) is 0. The van der Waals surface area contributed by atoms with Crippen molar-refractivity contribution < 1.29 is 4.74 Å². The maximum absolute atomic E-state index is 6.29. The number of methoxy groups -OCH3 is 1. The van der Waals surface area contributed by atoms with Gasteiger partial charge in [0, 0.05) is 32.0 Å². The van der Waals surface area contributed by atoms with Crippen molar-refractivity contribution in [2.45, 2.75) is 6.54 Å². The van der Waals surface area contributed by atoms with E-state index in [4.69, 9.17) is 16.3 Å². The van der Waals surface area contributed by atoms with Crippen LogP contribution >= 0.6 is 11.6 Å². The summed E-state index contributed by atoms with van der Waals surface area (Å²) >= 11 is 6.29. The fourth-order valence-corrected chi connectivity index (χ4v) is 2.51. The molecule has 0 aliphatic heterocycles. The van der Waals surface area contributed by atoms with Crippen LogP contribution in [-0.2, 0) is 11.3 Å². The summed E-state index contributed by atoms with van der Waals surface area (Å²) in [6.45, 7) is 2.14. The normalized spacial score (nSPS) is 11.3. The number of fused-ring (bicyclic) bond motifs is 1. The van der Waals surface area contributed by atoms with Crippen molar-refractivity contribution in [2.24, 2.45) is 0 Å². The lowest BCUT2D eigenvalue weighted by Gasteiger charge is -2.05. The first-order valence-corrected chi connectivity index (χ1v) is 7.04. The molecule has 110 valence electrons. The Hall–Kier alpha value is -1.89. The van der Waals surface area contributed by atoms with Gasteiger partial charge in [-0.3, -0.25) is 9.50 Å². The van der Waals surface area contributed by atoms with Crippen LogP contribution in [0.1, 0.15) is 5.56 Å². The smallest absolute Gasteiger partial charge is 0.157 e. The van der Waals surface area contributed by atoms with E-state index in [-0.39, 0.29) is 0 Å². The van der Waals surface area contributed by atoms with Crippen LogP contribution < -0.4 is 5.32 Å². The summed E-state index contributed by atoms with van der Waals surface area (Å²) in [4.78, 5) is 4.36. The van der Waals surface area contributed by atoms with Gasteiger partial charge in [-0.25, -0.2) is 4.98 Å². The molecule has 0 saturated heterocycles. The number of aromatic nitrogens is 4. The molecule has 21 heavy (non-hydrogen) atoms. The Kier molecular flexibility index (Phi) is 4.19. The van der Waals surface area contributed by atoms with Gasteiger partial charge >= 0.3 is 0 Å². The minimum Gasteiger partial charge on any atom is -0.383 e. The van der Waals surface area contributed by atoms with Crippen molar-refractivity contribution in [3.05, 3.63) is 41.3 Å². The third-order valence-electron chi connectivity index (χ3n) is 3.24. The highest BCUT2D eigenvalue weighted by molar-refractivity contribution is 6.32. The molecule has 0 atom stereocenters. The van der Waals surface area contributed by atoms with Gasteiger partial charge in [-0.2, -0.15) is 5.10 Å². The molecule has 3 heterocycles. The molecule has 0 spiro atoms. The quantitative estimate of drug-likeness (QED) is 0.685. The Morgan fingerprint density at radius 2 is 2.33 bits per heavy atom. The van der Waals surface area contributed by atoms with Crippen LogP contribution in [-0.4, -0.2) is 39.8 Å². The van der Waals surface area contributed by atoms with Crippen molar-refractivity contribution in [1.82, 2.24) is 24.9 Å². The fraction of sp³-hybridized carbons (Fsp3) is 0.286. The lowest BCUT2D eigenvalue weighted by atomic mass is 10.2. The summed E-state index contributed by atoms with van der Waals surface area (Å²) in [5.41, 5.74) is 3.56. The predicted octanol–water partition coefficient (Wildman–Crippen LogP) is 2.11. The number of nitrogens with zero attached hydrogens (tertiary/aromatic N) is 3. The first kappa shape index (κ1) is 14.1. The average Bonchev–Trinajstić information content (AvgIpc) is 3.06. The standard InChI is InChI=1S/C14H16ClN5O/c1-21-7-5-16-8-10-9-17-19-12(10)13-14(15)18-11-4-2-3-6-20(11)13/h2-4,6,9,16H,5,7-8H2,1H3,(H,17,19). The molecule has 0 saturated carbocycles. The first-order chi connectivity index (χ1) is 10.3. The highest BCUT2D eigenvalue weighted by Crippen LogP contribution is 2.29. The van der Waals surface area contributed by atoms with E-state index in [0.29, 0.717) is 18.3 Å². The van der Waals surface area contributed by atoms with Gasteiger partial charge in [-0.05, 0) is 12.1 Å². The van der Waals surface area contributed by atoms with Gasteiger partial charge in [0.2, 0.25) is 0 Å². The number of aromatic amines is 1. The number of ether oxygens (including phenoxy) is 1. The Morgan fingerprint density at radius 1 is 1.43 bits per heavy atom. The van der Waals surface area contributed by atoms with E-state index in [1.165, 1.54) is 0 Å². The molecule has 2 N–H and O–H groups in total. The molecule has 3 rings (SSSR count). The van der Waals surface area contributed by atoms with E-state index >= 15 is 0 Å². The lowest BCUT2D eigenvalue weighted by Crippen LogP contribution is -2.18. The second kappa shape index (κ2) is 6.26. The molecule has 0 radical (unpaired) electrons. The summed E-state index contributed by atoms with van der Waals surface area (Å²) in [6, 6.07) is 5.80. The second-order valence-electron chi connectivity index (χ2n) is 4.62. The Morgan fingerprint density at radius 3 is 3.19 bits per heavy atom. The molecular weight excluding hydrogens is 290 g/mol. The molecule has 6 nitrogen and oxygen atoms in total. The fourth-order valence-electron chi connectivity index (χ4n) is 2.24. The van der Waals surface area contributed by atoms with Crippen molar-refractivity contribution in [3.8, 4) is 11.4 Å². The number of pyridine rings is 1. The zero-order chi connectivity index (χ0) is 14.7. The molecular formula is C14H16ClN5O. The molecule has 0 aliphatic rings. The molecule has 0 bridgehead atoms. The van der Waals surface area contributed by atoms with Gasteiger partial charge in [-0.15, -0.1) is 0 Å². The predicted molar refractivity (Wildman–Crippen MR) is 81.4 cm³/mol. The highest BCUT2D eigenvalue weighted by Gasteiger charge is 2.17. The van der Waals surface area contributed by atoms with Crippen molar-refractivity contribution in [2.75, 3.05) is 20.3 Å². The molecule has 0 fully saturated rings. The van der Waals surface area contributed by atoms with Crippen LogP contribution in [0.3, 0.4) is 0 Å². The molecule has 3 aromatic heterocycles. The molecule has 7 heteroatoms. The monoisotopic (exact) mass is 305 g/mol. The Balaban J connectivity index is 1.92. The lowest BCUT2D eigenvalue weighted by molar-refractivity contribution is 0.199. The van der Waals surface area contributed by atoms with Gasteiger partial charge in [0.1, 0.15) is 11.3 Å². The van der Waals surface area contributed by atoms with Crippen molar-refractivity contribution in [1.29, 1.82) is 0 Å². The van der Waals surface area contributed by atoms with Gasteiger partial charge in [-0.1, -0.05) is 17.7 Å². The number of rotatable bonds is 6. The molecule has 3 aromatic rings. The number of H-pyrrole nitrogens is 1. The molecule has 0 amide bonds. The minimum atomic E-state index is 0.462. The SMILES string of the molecule is COCCNCc1cn[nH]c1-c1c(Cl)nc2ccccn12. The van der Waals surface area contributed by atoms with Crippen LogP contribution in [0.5, 0.6) is 0 Å². The topological polar surface area (TPSA) is 67.2 Å². The second-order valence-corrected chi connectivity index (χ2v) is 4.98. The van der Waals surface area contributed by atoms with E-state index in [2.05, 4.69) is 20.5 Å². The van der Waals surface area contributed by atoms with Crippen LogP contribution in [0.2, 0.25) is 5.15 Å². The van der Waals surface area contributed by atoms with Crippen LogP contribution in [0.4, 0.5) is 0 Å². The maximum Gasteiger partial charge on any atom is 0.157 e. The van der Waals surface area contributed by atoms with E-state index in [1.807, 2.05) is 28.8 Å². The third kappa shape index (κ3) is 2.78. The number of halogens is 1. The molecule has 0 aromatic carbocycles. The van der Waals surface area contributed by atoms with Gasteiger partial charge in [0.05, 0.1) is 18.5 Å². The number of hydrogen-bond acceptors (Lipinski definition) is 4. The largest absolute Gasteiger partial charge is 0.383 e. The summed E-state index contributed by atoms with van der Waals surface area (Å²) in [6.07, 6.45) is 3.74. The van der Waals surface area contributed by atoms with Crippen LogP contribution in [0.25, 0.3) is 17.0 Å². The molecule has 0 aliphatic carbocycles. The average molecular weight is 306 g/mol. The Bertz CT molecular complexity index is 736. The number of imidazole rings is 1. The number of nitrogens with one attached hydrogen (secondary N) is 2. The summed E-state index contributed by atoms with van der Waals surface area (Å²) in [7, 11) is 1.68. The van der Waals surface area contributed by atoms with Gasteiger partial charge in [0.15, 0.2) is 5.15 Å². The molecule has 0 unspecified atom stereocenters. The first-order valence-electron chi connectivity index (χ1n) is 6.66. The van der Waals surface area contributed by atoms with Gasteiger partial charge < -0.3 is 10.1 Å². The van der Waals surface area contributed by atoms with Crippen LogP contribution in [0, 0.1) is 0 Å². The number of hydrogen-bond donors (Lipinski definition) is 2. The highest BCUT2D eigenvalue weighted by atomic mass is 35.5. The Labute approximate surface area is 127 Å². The zero-order valence-electron chi connectivity index (χ0n) is 11.6. The third-order valence-corrected chi connectivity index (χ3v) is 3.50. The van der Waals surface area contributed by atoms with E-state index in [1.54, 1.807) is 13.3 Å². The van der Waals surface area contributed by atoms with Crippen molar-refractivity contribution in [3.63, 3.8) is 0 Å². The van der Waals surface area contributed by atoms with E-state index in [0.717, 1.165) is 29.1 Å². The maximum atomic E-state index is 6.29. The van der Waals surface area contributed by atoms with E-state index in [9.17, 15) is 0 Å². The van der Waals surface area contributed by atoms with E-state index < -0.39 is 0 Å².